The van der Waals surface area contributed by atoms with Crippen molar-refractivity contribution in [2.75, 3.05) is 32.8 Å². The minimum atomic E-state index is -0.615. The van der Waals surface area contributed by atoms with Crippen molar-refractivity contribution in [2.45, 2.75) is 82.8 Å². The third kappa shape index (κ3) is 5.88. The summed E-state index contributed by atoms with van der Waals surface area (Å²) in [6.07, 6.45) is 9.78. The molecule has 0 bridgehead atoms. The molecule has 1 aromatic carbocycles. The molecule has 0 amide bonds. The molecule has 0 spiro atoms. The molecule has 6 heteroatoms. The topological polar surface area (TPSA) is 66.5 Å². The molecule has 168 valence electrons. The lowest BCUT2D eigenvalue weighted by Gasteiger charge is -2.29. The van der Waals surface area contributed by atoms with Gasteiger partial charge < -0.3 is 24.2 Å². The van der Waals surface area contributed by atoms with Gasteiger partial charge in [0.2, 0.25) is 0 Å². The molecule has 2 unspecified atom stereocenters. The van der Waals surface area contributed by atoms with E-state index in [9.17, 15) is 5.11 Å². The number of likely N-dealkylation sites (tertiary alicyclic amines) is 1. The molecule has 0 aromatic heterocycles. The number of epoxide rings is 1. The number of aliphatic hydroxyl groups is 1. The number of hydrogen-bond acceptors (Lipinski definition) is 6. The highest BCUT2D eigenvalue weighted by molar-refractivity contribution is 5.44. The molecule has 3 heterocycles. The van der Waals surface area contributed by atoms with Crippen LogP contribution in [0.3, 0.4) is 0 Å². The normalized spacial score (nSPS) is 25.3. The summed E-state index contributed by atoms with van der Waals surface area (Å²) in [5.74, 6) is 1.49. The third-order valence-corrected chi connectivity index (χ3v) is 6.50. The summed E-state index contributed by atoms with van der Waals surface area (Å²) >= 11 is 0. The first-order valence-corrected chi connectivity index (χ1v) is 12.0. The monoisotopic (exact) mass is 418 g/mol. The van der Waals surface area contributed by atoms with Crippen LogP contribution in [-0.4, -0.2) is 61.2 Å². The Hall–Kier alpha value is -1.34. The number of benzene rings is 1. The second kappa shape index (κ2) is 10.8. The summed E-state index contributed by atoms with van der Waals surface area (Å²) in [5.41, 5.74) is 0.868. The van der Waals surface area contributed by atoms with Gasteiger partial charge in [0, 0.05) is 6.54 Å². The quantitative estimate of drug-likeness (QED) is 0.399. The Labute approximate surface area is 180 Å². The van der Waals surface area contributed by atoms with Gasteiger partial charge in [-0.05, 0) is 50.0 Å². The predicted molar refractivity (Wildman–Crippen MR) is 117 cm³/mol. The standard InChI is InChI=1S/C24H38N2O4/c1-2-3-4-5-6-9-21-24(30-21)25-19(17-26-12-7-8-13-26)23(27)18-10-11-20-22(16-18)29-15-14-28-20/h10-11,16,19,21,23-25,27H,2-9,12-15,17H2,1H3/t19-,21?,23-,24?/m1/s1. The minimum absolute atomic E-state index is 0.0654. The van der Waals surface area contributed by atoms with Gasteiger partial charge in [0.15, 0.2) is 11.5 Å². The molecular weight excluding hydrogens is 380 g/mol. The Kier molecular flexibility index (Phi) is 7.88. The fraction of sp³-hybridized carbons (Fsp3) is 0.750. The van der Waals surface area contributed by atoms with E-state index in [1.54, 1.807) is 0 Å². The van der Waals surface area contributed by atoms with E-state index < -0.39 is 6.10 Å². The Morgan fingerprint density at radius 1 is 1.07 bits per heavy atom. The summed E-state index contributed by atoms with van der Waals surface area (Å²) in [6, 6.07) is 5.72. The number of hydrogen-bond donors (Lipinski definition) is 2. The molecule has 0 aliphatic carbocycles. The van der Waals surface area contributed by atoms with Crippen LogP contribution in [0.1, 0.15) is 70.0 Å². The molecule has 1 aromatic rings. The van der Waals surface area contributed by atoms with Crippen LogP contribution in [0.2, 0.25) is 0 Å². The molecule has 0 radical (unpaired) electrons. The van der Waals surface area contributed by atoms with Crippen LogP contribution >= 0.6 is 0 Å². The predicted octanol–water partition coefficient (Wildman–Crippen LogP) is 3.63. The van der Waals surface area contributed by atoms with Gasteiger partial charge in [0.25, 0.3) is 0 Å². The van der Waals surface area contributed by atoms with Gasteiger partial charge >= 0.3 is 0 Å². The lowest BCUT2D eigenvalue weighted by atomic mass is 10.0. The van der Waals surface area contributed by atoms with E-state index in [0.29, 0.717) is 19.3 Å². The van der Waals surface area contributed by atoms with Gasteiger partial charge in [-0.15, -0.1) is 0 Å². The number of ether oxygens (including phenoxy) is 3. The average Bonchev–Trinajstić information content (AvgIpc) is 3.29. The molecule has 6 nitrogen and oxygen atoms in total. The van der Waals surface area contributed by atoms with Gasteiger partial charge in [-0.3, -0.25) is 5.32 Å². The van der Waals surface area contributed by atoms with Crippen LogP contribution in [0.4, 0.5) is 0 Å². The van der Waals surface area contributed by atoms with Crippen LogP contribution in [0.25, 0.3) is 0 Å². The Morgan fingerprint density at radius 2 is 1.83 bits per heavy atom. The fourth-order valence-corrected chi connectivity index (χ4v) is 4.63. The van der Waals surface area contributed by atoms with E-state index in [0.717, 1.165) is 43.1 Å². The maximum Gasteiger partial charge on any atom is 0.161 e. The molecule has 3 aliphatic heterocycles. The number of nitrogens with one attached hydrogen (secondary N) is 1. The van der Waals surface area contributed by atoms with Crippen LogP contribution in [-0.2, 0) is 4.74 Å². The molecule has 4 rings (SSSR count). The molecule has 30 heavy (non-hydrogen) atoms. The molecule has 3 aliphatic rings. The van der Waals surface area contributed by atoms with Crippen molar-refractivity contribution in [1.29, 1.82) is 0 Å². The largest absolute Gasteiger partial charge is 0.486 e. The Balaban J connectivity index is 1.34. The van der Waals surface area contributed by atoms with Crippen molar-refractivity contribution >= 4 is 0 Å². The highest BCUT2D eigenvalue weighted by atomic mass is 16.6. The zero-order chi connectivity index (χ0) is 20.8. The van der Waals surface area contributed by atoms with Crippen molar-refractivity contribution in [3.63, 3.8) is 0 Å². The van der Waals surface area contributed by atoms with Crippen molar-refractivity contribution in [3.05, 3.63) is 23.8 Å². The first-order valence-electron chi connectivity index (χ1n) is 12.0. The highest BCUT2D eigenvalue weighted by Gasteiger charge is 2.41. The maximum absolute atomic E-state index is 11.2. The van der Waals surface area contributed by atoms with E-state index in [4.69, 9.17) is 14.2 Å². The summed E-state index contributed by atoms with van der Waals surface area (Å²) in [5, 5.41) is 14.8. The van der Waals surface area contributed by atoms with Gasteiger partial charge in [0.05, 0.1) is 18.2 Å². The average molecular weight is 419 g/mol. The molecule has 2 N–H and O–H groups in total. The fourth-order valence-electron chi connectivity index (χ4n) is 4.63. The number of unbranched alkanes of at least 4 members (excludes halogenated alkanes) is 4. The number of aliphatic hydroxyl groups excluding tert-OH is 1. The van der Waals surface area contributed by atoms with Crippen molar-refractivity contribution in [1.82, 2.24) is 10.2 Å². The van der Waals surface area contributed by atoms with Gasteiger partial charge in [0.1, 0.15) is 19.4 Å². The van der Waals surface area contributed by atoms with Gasteiger partial charge in [-0.1, -0.05) is 45.1 Å². The number of rotatable bonds is 12. The number of fused-ring (bicyclic) bond motifs is 1. The second-order valence-electron chi connectivity index (χ2n) is 8.93. The van der Waals surface area contributed by atoms with E-state index >= 15 is 0 Å². The van der Waals surface area contributed by atoms with E-state index in [-0.39, 0.29) is 12.3 Å². The summed E-state index contributed by atoms with van der Waals surface area (Å²) in [6.45, 7) is 6.43. The summed E-state index contributed by atoms with van der Waals surface area (Å²) in [7, 11) is 0. The SMILES string of the molecule is CCCCCCCC1OC1N[C@H](CN1CCCC1)[C@H](O)c1ccc2c(c1)OCCO2. The minimum Gasteiger partial charge on any atom is -0.486 e. The zero-order valence-corrected chi connectivity index (χ0v) is 18.4. The summed E-state index contributed by atoms with van der Waals surface area (Å²) < 4.78 is 17.3. The van der Waals surface area contributed by atoms with Crippen molar-refractivity contribution in [3.8, 4) is 11.5 Å². The summed E-state index contributed by atoms with van der Waals surface area (Å²) in [4.78, 5) is 2.45. The lowest BCUT2D eigenvalue weighted by Crippen LogP contribution is -2.45. The second-order valence-corrected chi connectivity index (χ2v) is 8.93. The highest BCUT2D eigenvalue weighted by Crippen LogP contribution is 2.34. The van der Waals surface area contributed by atoms with Gasteiger partial charge in [-0.2, -0.15) is 0 Å². The van der Waals surface area contributed by atoms with Crippen LogP contribution in [0.5, 0.6) is 11.5 Å². The van der Waals surface area contributed by atoms with Gasteiger partial charge in [-0.25, -0.2) is 0 Å². The number of nitrogens with zero attached hydrogens (tertiary/aromatic N) is 1. The molecule has 2 fully saturated rings. The maximum atomic E-state index is 11.2. The van der Waals surface area contributed by atoms with Crippen LogP contribution in [0.15, 0.2) is 18.2 Å². The van der Waals surface area contributed by atoms with Crippen molar-refractivity contribution < 1.29 is 19.3 Å². The lowest BCUT2D eigenvalue weighted by molar-refractivity contribution is 0.0975. The molecular formula is C24H38N2O4. The van der Waals surface area contributed by atoms with Crippen LogP contribution < -0.4 is 14.8 Å². The van der Waals surface area contributed by atoms with Crippen molar-refractivity contribution in [2.24, 2.45) is 0 Å². The van der Waals surface area contributed by atoms with E-state index in [1.807, 2.05) is 18.2 Å². The molecule has 4 atom stereocenters. The first kappa shape index (κ1) is 21.9. The Bertz CT molecular complexity index is 665. The van der Waals surface area contributed by atoms with E-state index in [2.05, 4.69) is 17.1 Å². The Morgan fingerprint density at radius 3 is 2.63 bits per heavy atom. The van der Waals surface area contributed by atoms with Crippen LogP contribution in [0, 0.1) is 0 Å². The smallest absolute Gasteiger partial charge is 0.161 e. The van der Waals surface area contributed by atoms with E-state index in [1.165, 1.54) is 44.9 Å². The molecule has 2 saturated heterocycles. The molecule has 0 saturated carbocycles. The zero-order valence-electron chi connectivity index (χ0n) is 18.4. The third-order valence-electron chi connectivity index (χ3n) is 6.50. The first-order chi connectivity index (χ1) is 14.7.